The number of pyridine rings is 1. The van der Waals surface area contributed by atoms with Gasteiger partial charge >= 0.3 is 0 Å². The van der Waals surface area contributed by atoms with Gasteiger partial charge in [0, 0.05) is 12.7 Å². The zero-order valence-corrected chi connectivity index (χ0v) is 10.4. The molecule has 2 aromatic rings. The maximum Gasteiger partial charge on any atom is 0.276 e. The minimum absolute atomic E-state index is 0.149. The summed E-state index contributed by atoms with van der Waals surface area (Å²) in [5.74, 6) is -0.149. The SMILES string of the molecule is Cc1ccccc1N(C)C(=O)c1ccc(N)cn1. The lowest BCUT2D eigenvalue weighted by Crippen LogP contribution is -2.27. The molecule has 0 radical (unpaired) electrons. The van der Waals surface area contributed by atoms with E-state index in [1.165, 1.54) is 6.20 Å². The van der Waals surface area contributed by atoms with Crippen molar-refractivity contribution in [1.82, 2.24) is 4.98 Å². The molecule has 1 aromatic carbocycles. The number of hydrogen-bond acceptors (Lipinski definition) is 3. The summed E-state index contributed by atoms with van der Waals surface area (Å²) in [5, 5.41) is 0. The lowest BCUT2D eigenvalue weighted by Gasteiger charge is -2.18. The summed E-state index contributed by atoms with van der Waals surface area (Å²) in [4.78, 5) is 17.9. The van der Waals surface area contributed by atoms with E-state index in [4.69, 9.17) is 5.73 Å². The van der Waals surface area contributed by atoms with Crippen LogP contribution in [0.5, 0.6) is 0 Å². The van der Waals surface area contributed by atoms with Crippen molar-refractivity contribution in [2.45, 2.75) is 6.92 Å². The Kier molecular flexibility index (Phi) is 3.28. The monoisotopic (exact) mass is 241 g/mol. The minimum atomic E-state index is -0.149. The molecule has 0 aliphatic rings. The van der Waals surface area contributed by atoms with Gasteiger partial charge in [0.15, 0.2) is 0 Å². The lowest BCUT2D eigenvalue weighted by molar-refractivity contribution is 0.0988. The Labute approximate surface area is 106 Å². The number of anilines is 2. The number of carbonyl (C=O) groups excluding carboxylic acids is 1. The van der Waals surface area contributed by atoms with Gasteiger partial charge in [-0.15, -0.1) is 0 Å². The van der Waals surface area contributed by atoms with Crippen molar-refractivity contribution in [3.63, 3.8) is 0 Å². The quantitative estimate of drug-likeness (QED) is 0.877. The van der Waals surface area contributed by atoms with E-state index in [0.717, 1.165) is 11.3 Å². The second-order valence-corrected chi connectivity index (χ2v) is 4.13. The van der Waals surface area contributed by atoms with Crippen LogP contribution in [0.15, 0.2) is 42.6 Å². The Balaban J connectivity index is 2.29. The predicted octanol–water partition coefficient (Wildman–Crippen LogP) is 2.25. The Morgan fingerprint density at radius 3 is 2.56 bits per heavy atom. The molecule has 1 amide bonds. The molecule has 0 atom stereocenters. The molecule has 0 saturated heterocycles. The van der Waals surface area contributed by atoms with Crippen LogP contribution in [-0.2, 0) is 0 Å². The first-order valence-corrected chi connectivity index (χ1v) is 5.65. The molecule has 0 fully saturated rings. The molecule has 0 unspecified atom stereocenters. The van der Waals surface area contributed by atoms with Crippen molar-refractivity contribution >= 4 is 17.3 Å². The van der Waals surface area contributed by atoms with Crippen LogP contribution in [0.1, 0.15) is 16.1 Å². The van der Waals surface area contributed by atoms with E-state index >= 15 is 0 Å². The molecular weight excluding hydrogens is 226 g/mol. The summed E-state index contributed by atoms with van der Waals surface area (Å²) in [7, 11) is 1.74. The van der Waals surface area contributed by atoms with Crippen molar-refractivity contribution in [1.29, 1.82) is 0 Å². The third-order valence-corrected chi connectivity index (χ3v) is 2.79. The normalized spacial score (nSPS) is 10.1. The Hall–Kier alpha value is -2.36. The molecule has 0 aliphatic heterocycles. The highest BCUT2D eigenvalue weighted by molar-refractivity contribution is 6.04. The highest BCUT2D eigenvalue weighted by Crippen LogP contribution is 2.19. The summed E-state index contributed by atoms with van der Waals surface area (Å²) in [5.41, 5.74) is 8.40. The number of nitrogens with zero attached hydrogens (tertiary/aromatic N) is 2. The Morgan fingerprint density at radius 2 is 1.94 bits per heavy atom. The van der Waals surface area contributed by atoms with Crippen LogP contribution in [0.25, 0.3) is 0 Å². The molecule has 0 spiro atoms. The summed E-state index contributed by atoms with van der Waals surface area (Å²) < 4.78 is 0. The Bertz CT molecular complexity index is 564. The first-order valence-electron chi connectivity index (χ1n) is 5.65. The van der Waals surface area contributed by atoms with Crippen molar-refractivity contribution in [3.8, 4) is 0 Å². The van der Waals surface area contributed by atoms with Gasteiger partial charge in [-0.1, -0.05) is 18.2 Å². The van der Waals surface area contributed by atoms with Crippen LogP contribution in [0.2, 0.25) is 0 Å². The van der Waals surface area contributed by atoms with E-state index in [1.54, 1.807) is 24.1 Å². The first kappa shape index (κ1) is 12.1. The molecule has 2 rings (SSSR count). The maximum absolute atomic E-state index is 12.2. The molecular formula is C14H15N3O. The third-order valence-electron chi connectivity index (χ3n) is 2.79. The molecule has 92 valence electrons. The Morgan fingerprint density at radius 1 is 1.22 bits per heavy atom. The number of benzene rings is 1. The van der Waals surface area contributed by atoms with E-state index in [2.05, 4.69) is 4.98 Å². The number of rotatable bonds is 2. The number of hydrogen-bond donors (Lipinski definition) is 1. The van der Waals surface area contributed by atoms with E-state index < -0.39 is 0 Å². The standard InChI is InChI=1S/C14H15N3O/c1-10-5-3-4-6-13(10)17(2)14(18)12-8-7-11(15)9-16-12/h3-9H,15H2,1-2H3. The average Bonchev–Trinajstić information content (AvgIpc) is 2.38. The van der Waals surface area contributed by atoms with Crippen LogP contribution in [0, 0.1) is 6.92 Å². The molecule has 1 heterocycles. The van der Waals surface area contributed by atoms with Crippen LogP contribution in [-0.4, -0.2) is 17.9 Å². The van der Waals surface area contributed by atoms with Gasteiger partial charge in [-0.05, 0) is 30.7 Å². The summed E-state index contributed by atoms with van der Waals surface area (Å²) in [6.07, 6.45) is 1.49. The zero-order chi connectivity index (χ0) is 13.1. The number of nitrogens with two attached hydrogens (primary N) is 1. The summed E-state index contributed by atoms with van der Waals surface area (Å²) >= 11 is 0. The van der Waals surface area contributed by atoms with Crippen molar-refractivity contribution < 1.29 is 4.79 Å². The topological polar surface area (TPSA) is 59.2 Å². The van der Waals surface area contributed by atoms with Gasteiger partial charge < -0.3 is 10.6 Å². The van der Waals surface area contributed by atoms with Crippen molar-refractivity contribution in [3.05, 3.63) is 53.9 Å². The van der Waals surface area contributed by atoms with Crippen molar-refractivity contribution in [2.75, 3.05) is 17.7 Å². The van der Waals surface area contributed by atoms with Gasteiger partial charge in [0.2, 0.25) is 0 Å². The van der Waals surface area contributed by atoms with Crippen LogP contribution in [0.4, 0.5) is 11.4 Å². The summed E-state index contributed by atoms with van der Waals surface area (Å²) in [6.45, 7) is 1.97. The maximum atomic E-state index is 12.2. The van der Waals surface area contributed by atoms with Crippen LogP contribution in [0.3, 0.4) is 0 Å². The number of aromatic nitrogens is 1. The van der Waals surface area contributed by atoms with Gasteiger partial charge in [-0.25, -0.2) is 4.98 Å². The smallest absolute Gasteiger partial charge is 0.276 e. The van der Waals surface area contributed by atoms with Crippen LogP contribution < -0.4 is 10.6 Å². The number of nitrogen functional groups attached to an aromatic ring is 1. The number of aryl methyl sites for hydroxylation is 1. The fourth-order valence-corrected chi connectivity index (χ4v) is 1.75. The second kappa shape index (κ2) is 4.87. The number of para-hydroxylation sites is 1. The van der Waals surface area contributed by atoms with E-state index in [1.807, 2.05) is 31.2 Å². The first-order chi connectivity index (χ1) is 8.59. The highest BCUT2D eigenvalue weighted by Gasteiger charge is 2.15. The molecule has 2 N–H and O–H groups in total. The van der Waals surface area contributed by atoms with Gasteiger partial charge in [-0.3, -0.25) is 4.79 Å². The minimum Gasteiger partial charge on any atom is -0.397 e. The largest absolute Gasteiger partial charge is 0.397 e. The average molecular weight is 241 g/mol. The van der Waals surface area contributed by atoms with Gasteiger partial charge in [0.25, 0.3) is 5.91 Å². The predicted molar refractivity (Wildman–Crippen MR) is 72.6 cm³/mol. The molecule has 0 saturated carbocycles. The fourth-order valence-electron chi connectivity index (χ4n) is 1.75. The van der Waals surface area contributed by atoms with E-state index in [9.17, 15) is 4.79 Å². The molecule has 4 heteroatoms. The van der Waals surface area contributed by atoms with Gasteiger partial charge in [0.1, 0.15) is 5.69 Å². The fraction of sp³-hybridized carbons (Fsp3) is 0.143. The van der Waals surface area contributed by atoms with E-state index in [0.29, 0.717) is 11.4 Å². The third kappa shape index (κ3) is 2.32. The van der Waals surface area contributed by atoms with E-state index in [-0.39, 0.29) is 5.91 Å². The molecule has 0 bridgehead atoms. The summed E-state index contributed by atoms with van der Waals surface area (Å²) in [6, 6.07) is 11.0. The van der Waals surface area contributed by atoms with Crippen LogP contribution >= 0.6 is 0 Å². The number of carbonyl (C=O) groups is 1. The highest BCUT2D eigenvalue weighted by atomic mass is 16.2. The second-order valence-electron chi connectivity index (χ2n) is 4.13. The molecule has 0 aliphatic carbocycles. The molecule has 1 aromatic heterocycles. The number of amides is 1. The lowest BCUT2D eigenvalue weighted by atomic mass is 10.2. The van der Waals surface area contributed by atoms with Gasteiger partial charge in [-0.2, -0.15) is 0 Å². The molecule has 4 nitrogen and oxygen atoms in total. The van der Waals surface area contributed by atoms with Crippen molar-refractivity contribution in [2.24, 2.45) is 0 Å². The van der Waals surface area contributed by atoms with Gasteiger partial charge in [0.05, 0.1) is 11.9 Å². The zero-order valence-electron chi connectivity index (χ0n) is 10.4. The molecule has 18 heavy (non-hydrogen) atoms.